The fourth-order valence-electron chi connectivity index (χ4n) is 2.66. The van der Waals surface area contributed by atoms with Crippen LogP contribution in [0.2, 0.25) is 0 Å². The summed E-state index contributed by atoms with van der Waals surface area (Å²) in [6.45, 7) is 2.41. The van der Waals surface area contributed by atoms with Crippen LogP contribution in [0.25, 0.3) is 0 Å². The minimum Gasteiger partial charge on any atom is -0.481 e. The number of aliphatic carboxylic acids is 1. The highest BCUT2D eigenvalue weighted by atomic mass is 19.1. The molecule has 1 aliphatic rings. The molecule has 0 spiro atoms. The van der Waals surface area contributed by atoms with Gasteiger partial charge in [0.05, 0.1) is 11.3 Å². The number of carbonyl (C=O) groups is 2. The summed E-state index contributed by atoms with van der Waals surface area (Å²) < 4.78 is 18.9. The second-order valence-electron chi connectivity index (χ2n) is 5.65. The first kappa shape index (κ1) is 16.4. The van der Waals surface area contributed by atoms with Gasteiger partial charge in [0, 0.05) is 19.8 Å². The molecule has 0 bridgehead atoms. The van der Waals surface area contributed by atoms with E-state index in [0.717, 1.165) is 0 Å². The molecule has 1 aromatic rings. The highest BCUT2D eigenvalue weighted by molar-refractivity contribution is 5.88. The van der Waals surface area contributed by atoms with Crippen LogP contribution in [-0.4, -0.2) is 36.7 Å². The van der Waals surface area contributed by atoms with Gasteiger partial charge in [-0.15, -0.1) is 0 Å². The summed E-state index contributed by atoms with van der Waals surface area (Å²) >= 11 is 0. The van der Waals surface area contributed by atoms with Crippen molar-refractivity contribution in [2.24, 2.45) is 5.92 Å². The third kappa shape index (κ3) is 3.44. The standard InChI is InChI=1S/C16H20FNO4/c1-11(14(19)20)10-18-15(21)16(5-7-22-8-6-16)12-3-2-4-13(17)9-12/h2-4,9,11H,5-8,10H2,1H3,(H,18,21)(H,19,20). The Kier molecular flexibility index (Phi) is 5.13. The van der Waals surface area contributed by atoms with Crippen LogP contribution < -0.4 is 5.32 Å². The average molecular weight is 309 g/mol. The summed E-state index contributed by atoms with van der Waals surface area (Å²) in [4.78, 5) is 23.5. The Morgan fingerprint density at radius 3 is 2.68 bits per heavy atom. The number of carboxylic acids is 1. The number of amides is 1. The molecule has 1 saturated heterocycles. The maximum Gasteiger partial charge on any atom is 0.308 e. The van der Waals surface area contributed by atoms with Gasteiger partial charge in [0.2, 0.25) is 5.91 Å². The third-order valence-electron chi connectivity index (χ3n) is 4.15. The summed E-state index contributed by atoms with van der Waals surface area (Å²) in [5, 5.41) is 11.6. The lowest BCUT2D eigenvalue weighted by Gasteiger charge is -2.36. The number of nitrogens with one attached hydrogen (secondary N) is 1. The largest absolute Gasteiger partial charge is 0.481 e. The predicted molar refractivity (Wildman–Crippen MR) is 77.9 cm³/mol. The Bertz CT molecular complexity index is 555. The van der Waals surface area contributed by atoms with E-state index in [1.54, 1.807) is 12.1 Å². The first-order valence-corrected chi connectivity index (χ1v) is 7.30. The molecule has 1 atom stereocenters. The first-order valence-electron chi connectivity index (χ1n) is 7.30. The molecule has 2 N–H and O–H groups in total. The zero-order chi connectivity index (χ0) is 16.2. The molecule has 1 aliphatic heterocycles. The van der Waals surface area contributed by atoms with Crippen molar-refractivity contribution in [1.29, 1.82) is 0 Å². The van der Waals surface area contributed by atoms with Gasteiger partial charge in [-0.25, -0.2) is 4.39 Å². The minimum atomic E-state index is -0.966. The van der Waals surface area contributed by atoms with Crippen molar-refractivity contribution in [2.75, 3.05) is 19.8 Å². The van der Waals surface area contributed by atoms with Crippen LogP contribution >= 0.6 is 0 Å². The van der Waals surface area contributed by atoms with Gasteiger partial charge in [0.15, 0.2) is 0 Å². The zero-order valence-electron chi connectivity index (χ0n) is 12.5. The second kappa shape index (κ2) is 6.87. The van der Waals surface area contributed by atoms with Gasteiger partial charge in [-0.3, -0.25) is 9.59 Å². The van der Waals surface area contributed by atoms with Gasteiger partial charge in [0.25, 0.3) is 0 Å². The van der Waals surface area contributed by atoms with Crippen molar-refractivity contribution in [3.05, 3.63) is 35.6 Å². The summed E-state index contributed by atoms with van der Waals surface area (Å²) in [5.74, 6) is -2.30. The topological polar surface area (TPSA) is 75.6 Å². The molecule has 6 heteroatoms. The maximum atomic E-state index is 13.5. The summed E-state index contributed by atoms with van der Waals surface area (Å²) in [5.41, 5.74) is -0.255. The Morgan fingerprint density at radius 1 is 1.41 bits per heavy atom. The van der Waals surface area contributed by atoms with Gasteiger partial charge in [-0.1, -0.05) is 19.1 Å². The van der Waals surface area contributed by atoms with Crippen molar-refractivity contribution in [3.8, 4) is 0 Å². The van der Waals surface area contributed by atoms with E-state index in [1.165, 1.54) is 19.1 Å². The lowest BCUT2D eigenvalue weighted by atomic mass is 9.73. The number of hydrogen-bond donors (Lipinski definition) is 2. The maximum absolute atomic E-state index is 13.5. The molecule has 0 aromatic heterocycles. The fraction of sp³-hybridized carbons (Fsp3) is 0.500. The molecule has 120 valence electrons. The molecular formula is C16H20FNO4. The van der Waals surface area contributed by atoms with Gasteiger partial charge >= 0.3 is 5.97 Å². The Morgan fingerprint density at radius 2 is 2.09 bits per heavy atom. The second-order valence-corrected chi connectivity index (χ2v) is 5.65. The zero-order valence-corrected chi connectivity index (χ0v) is 12.5. The quantitative estimate of drug-likeness (QED) is 0.868. The molecular weight excluding hydrogens is 289 g/mol. The smallest absolute Gasteiger partial charge is 0.308 e. The number of halogens is 1. The van der Waals surface area contributed by atoms with E-state index in [2.05, 4.69) is 5.32 Å². The predicted octanol–water partition coefficient (Wildman–Crippen LogP) is 1.71. The number of carboxylic acid groups (broad SMARTS) is 1. The molecule has 0 aliphatic carbocycles. The Balaban J connectivity index is 2.22. The van der Waals surface area contributed by atoms with Crippen molar-refractivity contribution < 1.29 is 23.8 Å². The number of carbonyl (C=O) groups excluding carboxylic acids is 1. The first-order chi connectivity index (χ1) is 10.5. The van der Waals surface area contributed by atoms with Gasteiger partial charge in [-0.05, 0) is 30.5 Å². The SMILES string of the molecule is CC(CNC(=O)C1(c2cccc(F)c2)CCOCC1)C(=O)O. The molecule has 0 saturated carbocycles. The molecule has 1 fully saturated rings. The molecule has 1 heterocycles. The van der Waals surface area contributed by atoms with Crippen LogP contribution in [0.4, 0.5) is 4.39 Å². The number of rotatable bonds is 5. The Hall–Kier alpha value is -1.95. The van der Waals surface area contributed by atoms with E-state index >= 15 is 0 Å². The summed E-state index contributed by atoms with van der Waals surface area (Å²) in [6, 6.07) is 6.01. The van der Waals surface area contributed by atoms with Crippen molar-refractivity contribution in [2.45, 2.75) is 25.2 Å². The molecule has 22 heavy (non-hydrogen) atoms. The van der Waals surface area contributed by atoms with Crippen LogP contribution in [0.3, 0.4) is 0 Å². The van der Waals surface area contributed by atoms with Crippen molar-refractivity contribution >= 4 is 11.9 Å². The van der Waals surface area contributed by atoms with Crippen LogP contribution in [0, 0.1) is 11.7 Å². The van der Waals surface area contributed by atoms with Crippen LogP contribution in [0.1, 0.15) is 25.3 Å². The van der Waals surface area contributed by atoms with E-state index in [4.69, 9.17) is 9.84 Å². The molecule has 1 unspecified atom stereocenters. The van der Waals surface area contributed by atoms with Crippen LogP contribution in [-0.2, 0) is 19.7 Å². The van der Waals surface area contributed by atoms with E-state index in [9.17, 15) is 14.0 Å². The lowest BCUT2D eigenvalue weighted by molar-refractivity contribution is -0.141. The number of ether oxygens (including phenoxy) is 1. The highest BCUT2D eigenvalue weighted by Crippen LogP contribution is 2.35. The van der Waals surface area contributed by atoms with E-state index in [-0.39, 0.29) is 12.5 Å². The number of hydrogen-bond acceptors (Lipinski definition) is 3. The number of benzene rings is 1. The van der Waals surface area contributed by atoms with Crippen LogP contribution in [0.15, 0.2) is 24.3 Å². The van der Waals surface area contributed by atoms with E-state index in [0.29, 0.717) is 31.6 Å². The minimum absolute atomic E-state index is 0.0477. The molecule has 0 radical (unpaired) electrons. The van der Waals surface area contributed by atoms with Crippen molar-refractivity contribution in [3.63, 3.8) is 0 Å². The van der Waals surface area contributed by atoms with Gasteiger partial charge in [-0.2, -0.15) is 0 Å². The third-order valence-corrected chi connectivity index (χ3v) is 4.15. The highest BCUT2D eigenvalue weighted by Gasteiger charge is 2.41. The molecule has 1 aromatic carbocycles. The fourth-order valence-corrected chi connectivity index (χ4v) is 2.66. The Labute approximate surface area is 128 Å². The van der Waals surface area contributed by atoms with E-state index < -0.39 is 23.1 Å². The van der Waals surface area contributed by atoms with Gasteiger partial charge < -0.3 is 15.2 Å². The summed E-state index contributed by atoms with van der Waals surface area (Å²) in [7, 11) is 0. The normalized spacial score (nSPS) is 18.5. The van der Waals surface area contributed by atoms with Gasteiger partial charge in [0.1, 0.15) is 5.82 Å². The molecule has 1 amide bonds. The monoisotopic (exact) mass is 309 g/mol. The van der Waals surface area contributed by atoms with Crippen LogP contribution in [0.5, 0.6) is 0 Å². The van der Waals surface area contributed by atoms with E-state index in [1.807, 2.05) is 0 Å². The lowest BCUT2D eigenvalue weighted by Crippen LogP contribution is -2.49. The van der Waals surface area contributed by atoms with Crippen molar-refractivity contribution in [1.82, 2.24) is 5.32 Å². The summed E-state index contributed by atoms with van der Waals surface area (Å²) in [6.07, 6.45) is 0.896. The molecule has 5 nitrogen and oxygen atoms in total. The molecule has 2 rings (SSSR count). The average Bonchev–Trinajstić information content (AvgIpc) is 2.52.